The van der Waals surface area contributed by atoms with Gasteiger partial charge in [0.25, 0.3) is 0 Å². The number of para-hydroxylation sites is 2. The first kappa shape index (κ1) is 21.4. The Bertz CT molecular complexity index is 1090. The van der Waals surface area contributed by atoms with Gasteiger partial charge in [0, 0.05) is 31.1 Å². The third-order valence-corrected chi connectivity index (χ3v) is 5.65. The van der Waals surface area contributed by atoms with Gasteiger partial charge in [-0.25, -0.2) is 4.98 Å². The molecule has 8 heteroatoms. The zero-order valence-corrected chi connectivity index (χ0v) is 17.6. The van der Waals surface area contributed by atoms with E-state index in [0.717, 1.165) is 48.5 Å². The Labute approximate surface area is 179 Å². The molecule has 2 heterocycles. The lowest BCUT2D eigenvalue weighted by molar-refractivity contribution is -0.137. The number of hydrogen-bond donors (Lipinski definition) is 0. The van der Waals surface area contributed by atoms with Crippen LogP contribution in [0, 0.1) is 0 Å². The van der Waals surface area contributed by atoms with E-state index in [0.29, 0.717) is 6.54 Å². The van der Waals surface area contributed by atoms with E-state index in [4.69, 9.17) is 4.98 Å². The summed E-state index contributed by atoms with van der Waals surface area (Å²) in [6.07, 6.45) is -3.29. The molecule has 31 heavy (non-hydrogen) atoms. The molecule has 0 radical (unpaired) electrons. The molecule has 1 saturated heterocycles. The summed E-state index contributed by atoms with van der Waals surface area (Å²) in [6, 6.07) is 12.8. The van der Waals surface area contributed by atoms with E-state index in [2.05, 4.69) is 9.47 Å². The number of benzene rings is 2. The van der Waals surface area contributed by atoms with Gasteiger partial charge in [0.05, 0.1) is 16.6 Å². The third-order valence-electron chi connectivity index (χ3n) is 5.65. The second-order valence-electron chi connectivity index (χ2n) is 8.22. The number of anilines is 1. The molecule has 0 N–H and O–H groups in total. The molecule has 0 bridgehead atoms. The number of fused-ring (bicyclic) bond motifs is 1. The van der Waals surface area contributed by atoms with E-state index in [-0.39, 0.29) is 23.9 Å². The molecule has 4 rings (SSSR count). The van der Waals surface area contributed by atoms with Gasteiger partial charge in [0.15, 0.2) is 0 Å². The number of imidazole rings is 1. The van der Waals surface area contributed by atoms with Gasteiger partial charge in [-0.2, -0.15) is 13.2 Å². The Morgan fingerprint density at radius 2 is 1.90 bits per heavy atom. The van der Waals surface area contributed by atoms with Crippen LogP contribution in [0.2, 0.25) is 0 Å². The number of alkyl halides is 3. The molecular formula is C23H25F3N4O. The summed E-state index contributed by atoms with van der Waals surface area (Å²) in [7, 11) is 4.05. The van der Waals surface area contributed by atoms with Crippen LogP contribution in [0.5, 0.6) is 0 Å². The van der Waals surface area contributed by atoms with E-state index < -0.39 is 11.7 Å². The first-order chi connectivity index (χ1) is 14.7. The highest BCUT2D eigenvalue weighted by atomic mass is 19.4. The minimum atomic E-state index is -4.45. The van der Waals surface area contributed by atoms with Crippen LogP contribution >= 0.6 is 0 Å². The predicted octanol–water partition coefficient (Wildman–Crippen LogP) is 4.53. The molecule has 2 aromatic carbocycles. The highest BCUT2D eigenvalue weighted by molar-refractivity contribution is 5.96. The molecule has 1 aliphatic rings. The van der Waals surface area contributed by atoms with E-state index in [1.54, 1.807) is 6.07 Å². The average Bonchev–Trinajstić information content (AvgIpc) is 3.28. The Kier molecular flexibility index (Phi) is 5.75. The van der Waals surface area contributed by atoms with Crippen molar-refractivity contribution in [2.75, 3.05) is 32.1 Å². The second kappa shape index (κ2) is 8.34. The van der Waals surface area contributed by atoms with Crippen molar-refractivity contribution >= 4 is 22.6 Å². The lowest BCUT2D eigenvalue weighted by Crippen LogP contribution is -2.25. The number of halogens is 3. The summed E-state index contributed by atoms with van der Waals surface area (Å²) in [6.45, 7) is 2.01. The minimum Gasteiger partial charge on any atom is -0.328 e. The zero-order chi connectivity index (χ0) is 22.2. The molecule has 1 amide bonds. The molecule has 3 aromatic rings. The van der Waals surface area contributed by atoms with Crippen molar-refractivity contribution in [2.45, 2.75) is 31.5 Å². The van der Waals surface area contributed by atoms with Crippen LogP contribution in [0.25, 0.3) is 11.0 Å². The van der Waals surface area contributed by atoms with Crippen molar-refractivity contribution in [2.24, 2.45) is 0 Å². The van der Waals surface area contributed by atoms with Crippen molar-refractivity contribution in [3.8, 4) is 0 Å². The summed E-state index contributed by atoms with van der Waals surface area (Å²) in [5.74, 6) is 0.466. The maximum atomic E-state index is 13.1. The number of aryl methyl sites for hydroxylation is 1. The molecule has 1 aromatic heterocycles. The number of rotatable bonds is 6. The van der Waals surface area contributed by atoms with Crippen LogP contribution < -0.4 is 4.90 Å². The molecule has 0 saturated carbocycles. The second-order valence-corrected chi connectivity index (χ2v) is 8.22. The van der Waals surface area contributed by atoms with Crippen molar-refractivity contribution in [1.29, 1.82) is 0 Å². The number of nitrogens with zero attached hydrogens (tertiary/aromatic N) is 4. The SMILES string of the molecule is CN(C)CCCn1c([C@H]2CC(=O)N(c3cccc(C(F)(F)F)c3)C2)nc2ccccc21. The molecule has 1 aliphatic heterocycles. The smallest absolute Gasteiger partial charge is 0.328 e. The first-order valence-electron chi connectivity index (χ1n) is 10.3. The summed E-state index contributed by atoms with van der Waals surface area (Å²) in [5, 5.41) is 0. The van der Waals surface area contributed by atoms with Gasteiger partial charge in [0.1, 0.15) is 5.82 Å². The zero-order valence-electron chi connectivity index (χ0n) is 17.6. The summed E-state index contributed by atoms with van der Waals surface area (Å²) < 4.78 is 41.5. The fourth-order valence-corrected chi connectivity index (χ4v) is 4.17. The Morgan fingerprint density at radius 3 is 2.65 bits per heavy atom. The quantitative estimate of drug-likeness (QED) is 0.577. The lowest BCUT2D eigenvalue weighted by Gasteiger charge is -2.19. The molecule has 0 aliphatic carbocycles. The van der Waals surface area contributed by atoms with E-state index in [1.807, 2.05) is 38.4 Å². The molecule has 1 atom stereocenters. The predicted molar refractivity (Wildman–Crippen MR) is 114 cm³/mol. The van der Waals surface area contributed by atoms with Crippen molar-refractivity contribution in [3.05, 3.63) is 59.9 Å². The van der Waals surface area contributed by atoms with Crippen LogP contribution in [-0.2, 0) is 17.5 Å². The first-order valence-corrected chi connectivity index (χ1v) is 10.3. The highest BCUT2D eigenvalue weighted by Crippen LogP contribution is 2.36. The fraction of sp³-hybridized carbons (Fsp3) is 0.391. The summed E-state index contributed by atoms with van der Waals surface area (Å²) in [5.41, 5.74) is 1.41. The summed E-state index contributed by atoms with van der Waals surface area (Å²) in [4.78, 5) is 21.1. The van der Waals surface area contributed by atoms with Gasteiger partial charge in [-0.05, 0) is 57.4 Å². The molecule has 5 nitrogen and oxygen atoms in total. The maximum Gasteiger partial charge on any atom is 0.416 e. The maximum absolute atomic E-state index is 13.1. The molecule has 1 fully saturated rings. The third kappa shape index (κ3) is 4.44. The topological polar surface area (TPSA) is 41.4 Å². The van der Waals surface area contributed by atoms with Crippen LogP contribution in [-0.4, -0.2) is 47.5 Å². The van der Waals surface area contributed by atoms with Gasteiger partial charge in [-0.1, -0.05) is 18.2 Å². The number of aromatic nitrogens is 2. The minimum absolute atomic E-state index is 0.172. The molecular weight excluding hydrogens is 405 g/mol. The van der Waals surface area contributed by atoms with Gasteiger partial charge in [-0.15, -0.1) is 0 Å². The standard InChI is InChI=1S/C23H25F3N4O/c1-28(2)11-6-12-29-20-10-4-3-9-19(20)27-22(29)16-13-21(31)30(15-16)18-8-5-7-17(14-18)23(24,25)26/h3-5,7-10,14,16H,6,11-13,15H2,1-2H3/t16-/m0/s1. The van der Waals surface area contributed by atoms with E-state index >= 15 is 0 Å². The van der Waals surface area contributed by atoms with Crippen LogP contribution in [0.4, 0.5) is 18.9 Å². The normalized spacial score (nSPS) is 17.3. The monoisotopic (exact) mass is 430 g/mol. The van der Waals surface area contributed by atoms with E-state index in [1.165, 1.54) is 11.0 Å². The molecule has 0 spiro atoms. The van der Waals surface area contributed by atoms with Crippen molar-refractivity contribution in [1.82, 2.24) is 14.5 Å². The Balaban J connectivity index is 1.63. The Hall–Kier alpha value is -2.87. The fourth-order valence-electron chi connectivity index (χ4n) is 4.17. The molecule has 0 unspecified atom stereocenters. The van der Waals surface area contributed by atoms with Crippen LogP contribution in [0.3, 0.4) is 0 Å². The lowest BCUT2D eigenvalue weighted by atomic mass is 10.1. The van der Waals surface area contributed by atoms with Gasteiger partial charge >= 0.3 is 6.18 Å². The van der Waals surface area contributed by atoms with Gasteiger partial charge in [0.2, 0.25) is 5.91 Å². The van der Waals surface area contributed by atoms with Crippen LogP contribution in [0.1, 0.15) is 30.1 Å². The van der Waals surface area contributed by atoms with Crippen molar-refractivity contribution < 1.29 is 18.0 Å². The average molecular weight is 430 g/mol. The van der Waals surface area contributed by atoms with E-state index in [9.17, 15) is 18.0 Å². The van der Waals surface area contributed by atoms with Crippen molar-refractivity contribution in [3.63, 3.8) is 0 Å². The largest absolute Gasteiger partial charge is 0.416 e. The number of carbonyl (C=O) groups excluding carboxylic acids is 1. The van der Waals surface area contributed by atoms with Gasteiger partial charge in [-0.3, -0.25) is 4.79 Å². The number of carbonyl (C=O) groups is 1. The Morgan fingerprint density at radius 1 is 1.13 bits per heavy atom. The number of hydrogen-bond acceptors (Lipinski definition) is 3. The van der Waals surface area contributed by atoms with Gasteiger partial charge < -0.3 is 14.4 Å². The molecule has 164 valence electrons. The summed E-state index contributed by atoms with van der Waals surface area (Å²) >= 11 is 0. The number of amides is 1. The van der Waals surface area contributed by atoms with Crippen LogP contribution in [0.15, 0.2) is 48.5 Å². The highest BCUT2D eigenvalue weighted by Gasteiger charge is 2.36.